The third kappa shape index (κ3) is 5.53. The highest BCUT2D eigenvalue weighted by Gasteiger charge is 2.48. The normalized spacial score (nSPS) is 18.5. The second-order valence-electron chi connectivity index (χ2n) is 11.8. The first-order valence-electron chi connectivity index (χ1n) is 14.0. The molecule has 0 fully saturated rings. The van der Waals surface area contributed by atoms with Crippen LogP contribution in [-0.4, -0.2) is 25.2 Å². The van der Waals surface area contributed by atoms with E-state index in [0.717, 1.165) is 5.56 Å². The molecule has 1 amide bonds. The fraction of sp³-hybridized carbons (Fsp3) is 0.206. The Morgan fingerprint density at radius 3 is 2.50 bits per heavy atom. The summed E-state index contributed by atoms with van der Waals surface area (Å²) in [6.45, 7) is 3.86. The topological polar surface area (TPSA) is 95.9 Å². The SMILES string of the molecule is CC1(C)CC2=C(C(c3ccc(OCc4ccccc4)cc3F)N(C(=O)c3ccccc3Cl)c3cccc(O)c3N2)S(=O)(=O)C1. The third-order valence-corrected chi connectivity index (χ3v) is 10.4. The minimum atomic E-state index is -4.06. The summed E-state index contributed by atoms with van der Waals surface area (Å²) in [7, 11) is -4.06. The van der Waals surface area contributed by atoms with Gasteiger partial charge in [-0.1, -0.05) is 74.0 Å². The fourth-order valence-electron chi connectivity index (χ4n) is 5.93. The smallest absolute Gasteiger partial charge is 0.260 e. The highest BCUT2D eigenvalue weighted by atomic mass is 35.5. The number of phenolic OH excluding ortho intramolecular Hbond substituents is 1. The molecule has 2 aliphatic heterocycles. The number of carbonyl (C=O) groups is 1. The lowest BCUT2D eigenvalue weighted by molar-refractivity contribution is 0.0980. The Hall–Kier alpha value is -4.34. The van der Waals surface area contributed by atoms with Crippen LogP contribution in [0.1, 0.15) is 47.8 Å². The average Bonchev–Trinajstić information content (AvgIpc) is 3.11. The maximum absolute atomic E-state index is 16.3. The number of hydrogen-bond acceptors (Lipinski definition) is 6. The molecule has 4 aromatic carbocycles. The highest BCUT2D eigenvalue weighted by molar-refractivity contribution is 7.95. The summed E-state index contributed by atoms with van der Waals surface area (Å²) in [5.41, 5.74) is 0.860. The van der Waals surface area contributed by atoms with Gasteiger partial charge < -0.3 is 15.2 Å². The number of sulfone groups is 1. The number of hydrogen-bond donors (Lipinski definition) is 2. The number of carbonyl (C=O) groups excluding carboxylic acids is 1. The second-order valence-corrected chi connectivity index (χ2v) is 14.1. The number of fused-ring (bicyclic) bond motifs is 1. The van der Waals surface area contributed by atoms with Gasteiger partial charge in [-0.2, -0.15) is 0 Å². The molecular formula is C34H30ClFN2O5S. The maximum atomic E-state index is 16.3. The molecule has 0 aromatic heterocycles. The second kappa shape index (κ2) is 11.3. The van der Waals surface area contributed by atoms with Crippen molar-refractivity contribution < 1.29 is 27.4 Å². The molecular weight excluding hydrogens is 603 g/mol. The zero-order valence-electron chi connectivity index (χ0n) is 24.1. The molecule has 2 N–H and O–H groups in total. The largest absolute Gasteiger partial charge is 0.506 e. The number of para-hydroxylation sites is 1. The Bertz CT molecular complexity index is 1910. The molecule has 0 spiro atoms. The molecule has 6 rings (SSSR count). The number of phenols is 1. The zero-order valence-corrected chi connectivity index (χ0v) is 25.6. The molecule has 0 saturated carbocycles. The summed E-state index contributed by atoms with van der Waals surface area (Å²) in [6, 6.07) is 23.1. The number of benzene rings is 4. The van der Waals surface area contributed by atoms with E-state index in [1.54, 1.807) is 36.4 Å². The first-order chi connectivity index (χ1) is 20.9. The average molecular weight is 633 g/mol. The first kappa shape index (κ1) is 29.7. The molecule has 7 nitrogen and oxygen atoms in total. The predicted octanol–water partition coefficient (Wildman–Crippen LogP) is 7.63. The van der Waals surface area contributed by atoms with E-state index in [4.69, 9.17) is 16.3 Å². The number of aromatic hydroxyl groups is 1. The van der Waals surface area contributed by atoms with Crippen LogP contribution >= 0.6 is 11.6 Å². The monoisotopic (exact) mass is 632 g/mol. The van der Waals surface area contributed by atoms with E-state index in [-0.39, 0.29) is 68.4 Å². The van der Waals surface area contributed by atoms with Crippen LogP contribution in [0.25, 0.3) is 0 Å². The first-order valence-corrected chi connectivity index (χ1v) is 16.1. The van der Waals surface area contributed by atoms with E-state index in [1.807, 2.05) is 44.2 Å². The van der Waals surface area contributed by atoms with Crippen LogP contribution in [0, 0.1) is 11.2 Å². The third-order valence-electron chi connectivity index (χ3n) is 7.77. The van der Waals surface area contributed by atoms with Gasteiger partial charge in [-0.3, -0.25) is 9.69 Å². The number of nitrogens with one attached hydrogen (secondary N) is 1. The van der Waals surface area contributed by atoms with Gasteiger partial charge in [-0.25, -0.2) is 12.8 Å². The Balaban J connectivity index is 1.57. The van der Waals surface area contributed by atoms with Crippen molar-refractivity contribution >= 4 is 38.7 Å². The molecule has 226 valence electrons. The quantitative estimate of drug-likeness (QED) is 0.220. The number of rotatable bonds is 5. The van der Waals surface area contributed by atoms with Gasteiger partial charge in [0.15, 0.2) is 9.84 Å². The summed E-state index contributed by atoms with van der Waals surface area (Å²) in [4.78, 5) is 15.5. The molecule has 1 unspecified atom stereocenters. The summed E-state index contributed by atoms with van der Waals surface area (Å²) in [5, 5.41) is 14.2. The number of amides is 1. The Morgan fingerprint density at radius 2 is 1.77 bits per heavy atom. The Labute approximate surface area is 260 Å². The van der Waals surface area contributed by atoms with Crippen molar-refractivity contribution in [2.45, 2.75) is 32.9 Å². The molecule has 0 saturated heterocycles. The van der Waals surface area contributed by atoms with E-state index in [9.17, 15) is 18.3 Å². The lowest BCUT2D eigenvalue weighted by Crippen LogP contribution is -2.41. The van der Waals surface area contributed by atoms with Crippen molar-refractivity contribution in [1.82, 2.24) is 0 Å². The lowest BCUT2D eigenvalue weighted by atomic mass is 9.88. The fourth-order valence-corrected chi connectivity index (χ4v) is 8.51. The van der Waals surface area contributed by atoms with Crippen LogP contribution in [0.2, 0.25) is 5.02 Å². The number of allylic oxidation sites excluding steroid dienone is 1. The van der Waals surface area contributed by atoms with Crippen LogP contribution in [-0.2, 0) is 16.4 Å². The van der Waals surface area contributed by atoms with Gasteiger partial charge >= 0.3 is 0 Å². The number of anilines is 2. The van der Waals surface area contributed by atoms with E-state index in [1.165, 1.54) is 29.2 Å². The lowest BCUT2D eigenvalue weighted by Gasteiger charge is -2.37. The molecule has 0 bridgehead atoms. The molecule has 2 aliphatic rings. The van der Waals surface area contributed by atoms with Crippen molar-refractivity contribution in [3.63, 3.8) is 0 Å². The highest BCUT2D eigenvalue weighted by Crippen LogP contribution is 2.52. The van der Waals surface area contributed by atoms with Crippen LogP contribution in [0.5, 0.6) is 11.5 Å². The maximum Gasteiger partial charge on any atom is 0.260 e. The predicted molar refractivity (Wildman–Crippen MR) is 169 cm³/mol. The van der Waals surface area contributed by atoms with Crippen LogP contribution in [0.3, 0.4) is 0 Å². The molecule has 0 radical (unpaired) electrons. The summed E-state index contributed by atoms with van der Waals surface area (Å²) in [5.74, 6) is -1.59. The van der Waals surface area contributed by atoms with E-state index in [0.29, 0.717) is 0 Å². The van der Waals surface area contributed by atoms with Crippen molar-refractivity contribution in [1.29, 1.82) is 0 Å². The van der Waals surface area contributed by atoms with Crippen molar-refractivity contribution in [3.05, 3.63) is 129 Å². The van der Waals surface area contributed by atoms with Crippen molar-refractivity contribution in [2.75, 3.05) is 16.0 Å². The van der Waals surface area contributed by atoms with Gasteiger partial charge in [-0.05, 0) is 53.8 Å². The number of halogens is 2. The van der Waals surface area contributed by atoms with Crippen LogP contribution < -0.4 is 15.0 Å². The number of ether oxygens (including phenoxy) is 1. The van der Waals surface area contributed by atoms with Gasteiger partial charge in [0, 0.05) is 17.3 Å². The standard InChI is InChI=1S/C34H30ClFN2O5S/c1-34(2)18-27-32(44(41,42)20-34)31(24-16-15-22(17-26(24)36)43-19-21-9-4-3-5-10-21)38(28-13-8-14-29(39)30(28)37-27)33(40)23-11-6-7-12-25(23)35/h3-17,31,37,39H,18-20H2,1-2H3. The summed E-state index contributed by atoms with van der Waals surface area (Å²) < 4.78 is 50.4. The van der Waals surface area contributed by atoms with E-state index < -0.39 is 33.0 Å². The molecule has 44 heavy (non-hydrogen) atoms. The molecule has 4 aromatic rings. The van der Waals surface area contributed by atoms with Crippen molar-refractivity contribution in [3.8, 4) is 11.5 Å². The van der Waals surface area contributed by atoms with Gasteiger partial charge in [-0.15, -0.1) is 0 Å². The molecule has 10 heteroatoms. The van der Waals surface area contributed by atoms with Gasteiger partial charge in [0.25, 0.3) is 5.91 Å². The molecule has 1 atom stereocenters. The van der Waals surface area contributed by atoms with Crippen LogP contribution in [0.4, 0.5) is 15.8 Å². The molecule has 2 heterocycles. The van der Waals surface area contributed by atoms with Gasteiger partial charge in [0.1, 0.15) is 35.7 Å². The van der Waals surface area contributed by atoms with Gasteiger partial charge in [0.05, 0.1) is 26.9 Å². The summed E-state index contributed by atoms with van der Waals surface area (Å²) >= 11 is 6.47. The zero-order chi connectivity index (χ0) is 31.2. The number of nitrogens with zero attached hydrogens (tertiary/aromatic N) is 1. The summed E-state index contributed by atoms with van der Waals surface area (Å²) in [6.07, 6.45) is 0.278. The minimum Gasteiger partial charge on any atom is -0.506 e. The Kier molecular flexibility index (Phi) is 7.63. The van der Waals surface area contributed by atoms with Crippen molar-refractivity contribution in [2.24, 2.45) is 5.41 Å². The van der Waals surface area contributed by atoms with Crippen LogP contribution in [0.15, 0.2) is 102 Å². The van der Waals surface area contributed by atoms with Gasteiger partial charge in [0.2, 0.25) is 0 Å². The minimum absolute atomic E-state index is 0.0498. The molecule has 0 aliphatic carbocycles. The van der Waals surface area contributed by atoms with E-state index >= 15 is 4.39 Å². The van der Waals surface area contributed by atoms with E-state index in [2.05, 4.69) is 5.32 Å². The Morgan fingerprint density at radius 1 is 1.05 bits per heavy atom.